The lowest BCUT2D eigenvalue weighted by Crippen LogP contribution is -2.09. The van der Waals surface area contributed by atoms with Gasteiger partial charge < -0.3 is 10.2 Å². The lowest BCUT2D eigenvalue weighted by atomic mass is 10.0. The number of rotatable bonds is 3. The van der Waals surface area contributed by atoms with Gasteiger partial charge in [-0.15, -0.1) is 0 Å². The van der Waals surface area contributed by atoms with Crippen LogP contribution in [0.15, 0.2) is 18.2 Å². The van der Waals surface area contributed by atoms with E-state index in [0.717, 1.165) is 17.5 Å². The molecule has 0 radical (unpaired) electrons. The van der Waals surface area contributed by atoms with E-state index >= 15 is 0 Å². The van der Waals surface area contributed by atoms with E-state index in [1.54, 1.807) is 12.1 Å². The van der Waals surface area contributed by atoms with Crippen molar-refractivity contribution in [3.63, 3.8) is 0 Å². The Labute approximate surface area is 78.8 Å². The van der Waals surface area contributed by atoms with Crippen LogP contribution in [0.4, 0.5) is 0 Å². The number of phenolic OH excluding ortho intramolecular Hbond substituents is 1. The summed E-state index contributed by atoms with van der Waals surface area (Å²) in [6.07, 6.45) is 1.16. The predicted molar refractivity (Wildman–Crippen MR) is 52.8 cm³/mol. The lowest BCUT2D eigenvalue weighted by Gasteiger charge is -2.10. The minimum atomic E-state index is -0.275. The first-order valence-corrected chi connectivity index (χ1v) is 4.60. The van der Waals surface area contributed by atoms with E-state index in [1.165, 1.54) is 0 Å². The molecule has 13 heavy (non-hydrogen) atoms. The molecule has 1 aromatic rings. The third kappa shape index (κ3) is 2.74. The molecule has 0 aliphatic rings. The van der Waals surface area contributed by atoms with Crippen molar-refractivity contribution in [3.8, 4) is 5.75 Å². The van der Waals surface area contributed by atoms with Gasteiger partial charge in [-0.2, -0.15) is 0 Å². The Kier molecular flexibility index (Phi) is 3.32. The molecule has 0 bridgehead atoms. The molecule has 0 saturated heterocycles. The molecule has 0 aromatic heterocycles. The minimum absolute atomic E-state index is 0.275. The Morgan fingerprint density at radius 3 is 2.62 bits per heavy atom. The Morgan fingerprint density at radius 1 is 1.38 bits per heavy atom. The Bertz CT molecular complexity index is 281. The van der Waals surface area contributed by atoms with Crippen molar-refractivity contribution in [1.82, 2.24) is 0 Å². The summed E-state index contributed by atoms with van der Waals surface area (Å²) in [6, 6.07) is 5.24. The fourth-order valence-electron chi connectivity index (χ4n) is 1.31. The number of aliphatic hydroxyl groups excluding tert-OH is 1. The van der Waals surface area contributed by atoms with Gasteiger partial charge in [0.2, 0.25) is 0 Å². The van der Waals surface area contributed by atoms with Gasteiger partial charge >= 0.3 is 0 Å². The summed E-state index contributed by atoms with van der Waals surface area (Å²) in [7, 11) is 0. The van der Waals surface area contributed by atoms with Crippen LogP contribution in [0.1, 0.15) is 24.5 Å². The van der Waals surface area contributed by atoms with Crippen LogP contribution in [-0.4, -0.2) is 16.3 Å². The van der Waals surface area contributed by atoms with E-state index < -0.39 is 0 Å². The molecule has 0 aliphatic heterocycles. The van der Waals surface area contributed by atoms with Gasteiger partial charge in [0.25, 0.3) is 0 Å². The molecule has 2 heteroatoms. The van der Waals surface area contributed by atoms with E-state index in [2.05, 4.69) is 0 Å². The third-order valence-corrected chi connectivity index (χ3v) is 2.25. The van der Waals surface area contributed by atoms with Crippen LogP contribution in [0.3, 0.4) is 0 Å². The van der Waals surface area contributed by atoms with Gasteiger partial charge in [-0.3, -0.25) is 0 Å². The molecule has 1 rings (SSSR count). The van der Waals surface area contributed by atoms with Gasteiger partial charge in [0.1, 0.15) is 5.75 Å². The van der Waals surface area contributed by atoms with Crippen LogP contribution in [-0.2, 0) is 6.42 Å². The fraction of sp³-hybridized carbons (Fsp3) is 0.455. The maximum Gasteiger partial charge on any atom is 0.115 e. The fourth-order valence-corrected chi connectivity index (χ4v) is 1.31. The lowest BCUT2D eigenvalue weighted by molar-refractivity contribution is 0.170. The van der Waals surface area contributed by atoms with Crippen molar-refractivity contribution in [2.45, 2.75) is 32.8 Å². The highest BCUT2D eigenvalue weighted by molar-refractivity contribution is 5.34. The maximum atomic E-state index is 9.44. The summed E-state index contributed by atoms with van der Waals surface area (Å²) >= 11 is 0. The first-order chi connectivity index (χ1) is 6.13. The number of benzene rings is 1. The molecule has 0 spiro atoms. The van der Waals surface area contributed by atoms with Crippen LogP contribution in [0.25, 0.3) is 0 Å². The van der Waals surface area contributed by atoms with E-state index in [0.29, 0.717) is 6.42 Å². The summed E-state index contributed by atoms with van der Waals surface area (Å²) < 4.78 is 0. The highest BCUT2D eigenvalue weighted by Crippen LogP contribution is 2.17. The highest BCUT2D eigenvalue weighted by Gasteiger charge is 2.05. The number of hydrogen-bond donors (Lipinski definition) is 2. The molecule has 0 saturated carbocycles. The van der Waals surface area contributed by atoms with Crippen molar-refractivity contribution in [1.29, 1.82) is 0 Å². The number of hydrogen-bond acceptors (Lipinski definition) is 2. The van der Waals surface area contributed by atoms with Crippen molar-refractivity contribution >= 4 is 0 Å². The molecule has 1 unspecified atom stereocenters. The SMILES string of the molecule is CCC(O)Cc1ccc(O)cc1C. The second-order valence-electron chi connectivity index (χ2n) is 3.38. The quantitative estimate of drug-likeness (QED) is 0.747. The highest BCUT2D eigenvalue weighted by atomic mass is 16.3. The van der Waals surface area contributed by atoms with Crippen LogP contribution >= 0.6 is 0 Å². The van der Waals surface area contributed by atoms with Crippen molar-refractivity contribution < 1.29 is 10.2 Å². The largest absolute Gasteiger partial charge is 0.508 e. The smallest absolute Gasteiger partial charge is 0.115 e. The van der Waals surface area contributed by atoms with Gasteiger partial charge in [-0.25, -0.2) is 0 Å². The normalized spacial score (nSPS) is 12.8. The monoisotopic (exact) mass is 180 g/mol. The summed E-state index contributed by atoms with van der Waals surface area (Å²) in [6.45, 7) is 3.90. The zero-order valence-electron chi connectivity index (χ0n) is 8.12. The molecule has 1 atom stereocenters. The Balaban J connectivity index is 2.77. The van der Waals surface area contributed by atoms with E-state index in [-0.39, 0.29) is 11.9 Å². The molecule has 1 aromatic carbocycles. The van der Waals surface area contributed by atoms with E-state index in [9.17, 15) is 5.11 Å². The maximum absolute atomic E-state index is 9.44. The van der Waals surface area contributed by atoms with Gasteiger partial charge in [-0.1, -0.05) is 13.0 Å². The molecular formula is C11H16O2. The average Bonchev–Trinajstić information content (AvgIpc) is 2.09. The number of aromatic hydroxyl groups is 1. The second kappa shape index (κ2) is 4.28. The molecule has 72 valence electrons. The Morgan fingerprint density at radius 2 is 2.08 bits per heavy atom. The summed E-state index contributed by atoms with van der Waals surface area (Å²) in [5.74, 6) is 0.284. The van der Waals surface area contributed by atoms with Crippen LogP contribution in [0, 0.1) is 6.92 Å². The number of aryl methyl sites for hydroxylation is 1. The minimum Gasteiger partial charge on any atom is -0.508 e. The molecular weight excluding hydrogens is 164 g/mol. The van der Waals surface area contributed by atoms with E-state index in [1.807, 2.05) is 19.9 Å². The first-order valence-electron chi connectivity index (χ1n) is 4.60. The van der Waals surface area contributed by atoms with Crippen molar-refractivity contribution in [2.24, 2.45) is 0 Å². The van der Waals surface area contributed by atoms with E-state index in [4.69, 9.17) is 5.11 Å². The second-order valence-corrected chi connectivity index (χ2v) is 3.38. The van der Waals surface area contributed by atoms with Crippen molar-refractivity contribution in [3.05, 3.63) is 29.3 Å². The summed E-state index contributed by atoms with van der Waals surface area (Å²) in [5, 5.41) is 18.6. The van der Waals surface area contributed by atoms with Crippen LogP contribution < -0.4 is 0 Å². The molecule has 0 heterocycles. The van der Waals surface area contributed by atoms with Gasteiger partial charge in [0.05, 0.1) is 6.10 Å². The standard InChI is InChI=1S/C11H16O2/c1-3-10(12)7-9-4-5-11(13)6-8(9)2/h4-6,10,12-13H,3,7H2,1-2H3. The predicted octanol–water partition coefficient (Wildman–Crippen LogP) is 2.01. The molecule has 0 fully saturated rings. The molecule has 2 nitrogen and oxygen atoms in total. The number of aliphatic hydroxyl groups is 1. The topological polar surface area (TPSA) is 40.5 Å². The van der Waals surface area contributed by atoms with Gasteiger partial charge in [0.15, 0.2) is 0 Å². The molecule has 2 N–H and O–H groups in total. The zero-order chi connectivity index (χ0) is 9.84. The molecule has 0 amide bonds. The van der Waals surface area contributed by atoms with Gasteiger partial charge in [-0.05, 0) is 43.0 Å². The summed E-state index contributed by atoms with van der Waals surface area (Å²) in [5.41, 5.74) is 2.14. The number of phenols is 1. The molecule has 0 aliphatic carbocycles. The van der Waals surface area contributed by atoms with Gasteiger partial charge in [0, 0.05) is 0 Å². The average molecular weight is 180 g/mol. The third-order valence-electron chi connectivity index (χ3n) is 2.25. The van der Waals surface area contributed by atoms with Crippen LogP contribution in [0.5, 0.6) is 5.75 Å². The first kappa shape index (κ1) is 10.1. The van der Waals surface area contributed by atoms with Crippen LogP contribution in [0.2, 0.25) is 0 Å². The van der Waals surface area contributed by atoms with Crippen molar-refractivity contribution in [2.75, 3.05) is 0 Å². The zero-order valence-corrected chi connectivity index (χ0v) is 8.12. The Hall–Kier alpha value is -1.02. The summed E-state index contributed by atoms with van der Waals surface area (Å²) in [4.78, 5) is 0.